The molecule has 0 aliphatic heterocycles. The zero-order valence-corrected chi connectivity index (χ0v) is 11.4. The fourth-order valence-electron chi connectivity index (χ4n) is 2.58. The standard InChI is InChI=1S/C14H18ClNO3/c15-11-7-9(14(18)19)5-6-13(11)16-12-4-2-1-3-10(12)8-17/h5-7,10,12,16-17H,1-4,8H2,(H,18,19). The number of aromatic carboxylic acids is 1. The fourth-order valence-corrected chi connectivity index (χ4v) is 2.82. The average Bonchev–Trinajstić information content (AvgIpc) is 2.41. The lowest BCUT2D eigenvalue weighted by molar-refractivity contribution is 0.0697. The molecule has 19 heavy (non-hydrogen) atoms. The van der Waals surface area contributed by atoms with E-state index in [1.807, 2.05) is 0 Å². The van der Waals surface area contributed by atoms with Crippen LogP contribution in [0.15, 0.2) is 18.2 Å². The number of benzene rings is 1. The van der Waals surface area contributed by atoms with Crippen LogP contribution in [0.2, 0.25) is 5.02 Å². The summed E-state index contributed by atoms with van der Waals surface area (Å²) in [6.45, 7) is 0.169. The fraction of sp³-hybridized carbons (Fsp3) is 0.500. The molecular formula is C14H18ClNO3. The Morgan fingerprint density at radius 2 is 2.11 bits per heavy atom. The van der Waals surface area contributed by atoms with Gasteiger partial charge in [0.15, 0.2) is 0 Å². The van der Waals surface area contributed by atoms with Gasteiger partial charge in [0.25, 0.3) is 0 Å². The molecule has 1 aliphatic carbocycles. The molecule has 2 unspecified atom stereocenters. The Kier molecular flexibility index (Phi) is 4.66. The van der Waals surface area contributed by atoms with E-state index in [1.165, 1.54) is 12.1 Å². The van der Waals surface area contributed by atoms with Crippen LogP contribution in [0.5, 0.6) is 0 Å². The van der Waals surface area contributed by atoms with Crippen LogP contribution in [0.4, 0.5) is 5.69 Å². The van der Waals surface area contributed by atoms with Crippen molar-refractivity contribution in [3.8, 4) is 0 Å². The number of carboxylic acid groups (broad SMARTS) is 1. The highest BCUT2D eigenvalue weighted by Gasteiger charge is 2.24. The van der Waals surface area contributed by atoms with Crippen molar-refractivity contribution in [2.24, 2.45) is 5.92 Å². The van der Waals surface area contributed by atoms with Gasteiger partial charge in [-0.3, -0.25) is 0 Å². The zero-order valence-electron chi connectivity index (χ0n) is 10.6. The number of nitrogens with one attached hydrogen (secondary N) is 1. The molecule has 0 heterocycles. The second-order valence-corrected chi connectivity index (χ2v) is 5.38. The number of anilines is 1. The van der Waals surface area contributed by atoms with Crippen molar-refractivity contribution in [3.63, 3.8) is 0 Å². The van der Waals surface area contributed by atoms with E-state index in [0.717, 1.165) is 31.4 Å². The van der Waals surface area contributed by atoms with Gasteiger partial charge < -0.3 is 15.5 Å². The largest absolute Gasteiger partial charge is 0.478 e. The molecule has 1 saturated carbocycles. The quantitative estimate of drug-likeness (QED) is 0.794. The molecular weight excluding hydrogens is 266 g/mol. The van der Waals surface area contributed by atoms with E-state index < -0.39 is 5.97 Å². The van der Waals surface area contributed by atoms with Crippen LogP contribution in [0, 0.1) is 5.92 Å². The summed E-state index contributed by atoms with van der Waals surface area (Å²) < 4.78 is 0. The molecule has 2 atom stereocenters. The van der Waals surface area contributed by atoms with Crippen molar-refractivity contribution in [2.75, 3.05) is 11.9 Å². The highest BCUT2D eigenvalue weighted by atomic mass is 35.5. The van der Waals surface area contributed by atoms with Gasteiger partial charge in [-0.05, 0) is 31.0 Å². The minimum atomic E-state index is -0.987. The van der Waals surface area contributed by atoms with Crippen molar-refractivity contribution in [1.82, 2.24) is 0 Å². The molecule has 4 nitrogen and oxygen atoms in total. The summed E-state index contributed by atoms with van der Waals surface area (Å²) in [7, 11) is 0. The Morgan fingerprint density at radius 1 is 1.37 bits per heavy atom. The van der Waals surface area contributed by atoms with E-state index in [4.69, 9.17) is 16.7 Å². The smallest absolute Gasteiger partial charge is 0.335 e. The first-order valence-electron chi connectivity index (χ1n) is 6.52. The summed E-state index contributed by atoms with van der Waals surface area (Å²) in [5.41, 5.74) is 0.912. The lowest BCUT2D eigenvalue weighted by atomic mass is 9.85. The van der Waals surface area contributed by atoms with E-state index >= 15 is 0 Å². The van der Waals surface area contributed by atoms with E-state index in [9.17, 15) is 9.90 Å². The second-order valence-electron chi connectivity index (χ2n) is 4.98. The maximum Gasteiger partial charge on any atom is 0.335 e. The van der Waals surface area contributed by atoms with Gasteiger partial charge in [-0.2, -0.15) is 0 Å². The summed E-state index contributed by atoms with van der Waals surface area (Å²) in [5.74, 6) is -0.747. The Hall–Kier alpha value is -1.26. The van der Waals surface area contributed by atoms with E-state index in [2.05, 4.69) is 5.32 Å². The van der Waals surface area contributed by atoms with Crippen LogP contribution < -0.4 is 5.32 Å². The summed E-state index contributed by atoms with van der Waals surface area (Å²) in [6.07, 6.45) is 4.30. The van der Waals surface area contributed by atoms with Crippen molar-refractivity contribution in [3.05, 3.63) is 28.8 Å². The van der Waals surface area contributed by atoms with Gasteiger partial charge >= 0.3 is 5.97 Å². The molecule has 0 radical (unpaired) electrons. The predicted molar refractivity (Wildman–Crippen MR) is 74.9 cm³/mol. The monoisotopic (exact) mass is 283 g/mol. The molecule has 0 amide bonds. The minimum absolute atomic E-state index is 0.169. The van der Waals surface area contributed by atoms with Crippen LogP contribution in [0.3, 0.4) is 0 Å². The number of rotatable bonds is 4. The van der Waals surface area contributed by atoms with Crippen LogP contribution in [-0.4, -0.2) is 28.8 Å². The maximum absolute atomic E-state index is 10.8. The molecule has 0 saturated heterocycles. The number of aliphatic hydroxyl groups is 1. The molecule has 0 spiro atoms. The van der Waals surface area contributed by atoms with Crippen molar-refractivity contribution in [1.29, 1.82) is 0 Å². The average molecular weight is 284 g/mol. The number of aliphatic hydroxyl groups excluding tert-OH is 1. The van der Waals surface area contributed by atoms with Gasteiger partial charge in [0, 0.05) is 18.6 Å². The minimum Gasteiger partial charge on any atom is -0.478 e. The van der Waals surface area contributed by atoms with Crippen LogP contribution in [0.1, 0.15) is 36.0 Å². The molecule has 1 aromatic carbocycles. The van der Waals surface area contributed by atoms with Crippen molar-refractivity contribution >= 4 is 23.3 Å². The molecule has 0 aromatic heterocycles. The van der Waals surface area contributed by atoms with E-state index in [1.54, 1.807) is 6.07 Å². The molecule has 0 bridgehead atoms. The van der Waals surface area contributed by atoms with Gasteiger partial charge in [-0.25, -0.2) is 4.79 Å². The zero-order chi connectivity index (χ0) is 13.8. The number of carbonyl (C=O) groups is 1. The first-order chi connectivity index (χ1) is 9.11. The van der Waals surface area contributed by atoms with Gasteiger partial charge in [0.2, 0.25) is 0 Å². The Labute approximate surface area is 117 Å². The molecule has 1 fully saturated rings. The Bertz CT molecular complexity index is 464. The van der Waals surface area contributed by atoms with Gasteiger partial charge in [-0.15, -0.1) is 0 Å². The highest BCUT2D eigenvalue weighted by molar-refractivity contribution is 6.33. The summed E-state index contributed by atoms with van der Waals surface area (Å²) in [4.78, 5) is 10.8. The molecule has 3 N–H and O–H groups in total. The summed E-state index contributed by atoms with van der Waals surface area (Å²) in [6, 6.07) is 4.87. The van der Waals surface area contributed by atoms with E-state index in [0.29, 0.717) is 5.02 Å². The summed E-state index contributed by atoms with van der Waals surface area (Å²) >= 11 is 6.10. The predicted octanol–water partition coefficient (Wildman–Crippen LogP) is 3.00. The topological polar surface area (TPSA) is 69.6 Å². The number of carboxylic acids is 1. The first-order valence-corrected chi connectivity index (χ1v) is 6.90. The SMILES string of the molecule is O=C(O)c1ccc(NC2CCCCC2CO)c(Cl)c1. The molecule has 2 rings (SSSR count). The molecule has 5 heteroatoms. The van der Waals surface area contributed by atoms with Crippen LogP contribution >= 0.6 is 11.6 Å². The first kappa shape index (κ1) is 14.2. The molecule has 1 aliphatic rings. The number of hydrogen-bond acceptors (Lipinski definition) is 3. The van der Waals surface area contributed by atoms with E-state index in [-0.39, 0.29) is 24.1 Å². The summed E-state index contributed by atoms with van der Waals surface area (Å²) in [5, 5.41) is 22.0. The number of hydrogen-bond donors (Lipinski definition) is 3. The van der Waals surface area contributed by atoms with Crippen LogP contribution in [0.25, 0.3) is 0 Å². The van der Waals surface area contributed by atoms with Gasteiger partial charge in [0.1, 0.15) is 0 Å². The normalized spacial score (nSPS) is 23.1. The lowest BCUT2D eigenvalue weighted by Crippen LogP contribution is -2.34. The van der Waals surface area contributed by atoms with Crippen molar-refractivity contribution < 1.29 is 15.0 Å². The third-order valence-electron chi connectivity index (χ3n) is 3.70. The van der Waals surface area contributed by atoms with Crippen LogP contribution in [-0.2, 0) is 0 Å². The molecule has 1 aromatic rings. The third-order valence-corrected chi connectivity index (χ3v) is 4.01. The Morgan fingerprint density at radius 3 is 2.74 bits per heavy atom. The molecule has 104 valence electrons. The maximum atomic E-state index is 10.8. The Balaban J connectivity index is 2.11. The van der Waals surface area contributed by atoms with Crippen molar-refractivity contribution in [2.45, 2.75) is 31.7 Å². The highest BCUT2D eigenvalue weighted by Crippen LogP contribution is 2.30. The lowest BCUT2D eigenvalue weighted by Gasteiger charge is -2.32. The van der Waals surface area contributed by atoms with Gasteiger partial charge in [-0.1, -0.05) is 24.4 Å². The third kappa shape index (κ3) is 3.39. The van der Waals surface area contributed by atoms with Gasteiger partial charge in [0.05, 0.1) is 16.3 Å². The number of halogens is 1. The second kappa shape index (κ2) is 6.26.